The van der Waals surface area contributed by atoms with Gasteiger partial charge in [-0.1, -0.05) is 56.7 Å². The molecule has 1 aromatic carbocycles. The van der Waals surface area contributed by atoms with Crippen molar-refractivity contribution in [1.29, 1.82) is 0 Å². The van der Waals surface area contributed by atoms with Crippen molar-refractivity contribution in [1.82, 2.24) is 0 Å². The van der Waals surface area contributed by atoms with Gasteiger partial charge in [-0.15, -0.1) is 0 Å². The number of aliphatic hydroxyl groups is 1. The van der Waals surface area contributed by atoms with Crippen LogP contribution < -0.4 is 0 Å². The molecule has 1 aliphatic carbocycles. The van der Waals surface area contributed by atoms with E-state index >= 15 is 0 Å². The average Bonchev–Trinajstić information content (AvgIpc) is 2.35. The first-order valence-electron chi connectivity index (χ1n) is 7.39. The SMILES string of the molecule is CCC1(O)/C(=C/c2cccc(C)c2)CCCC1(C)C. The molecule has 1 aromatic rings. The summed E-state index contributed by atoms with van der Waals surface area (Å²) in [6.45, 7) is 8.59. The summed E-state index contributed by atoms with van der Waals surface area (Å²) in [4.78, 5) is 0. The first-order valence-corrected chi connectivity index (χ1v) is 7.39. The molecule has 0 bridgehead atoms. The lowest BCUT2D eigenvalue weighted by atomic mass is 9.61. The first-order chi connectivity index (χ1) is 8.89. The van der Waals surface area contributed by atoms with Gasteiger partial charge in [0.25, 0.3) is 0 Å². The molecular formula is C18H26O. The Labute approximate surface area is 117 Å². The fourth-order valence-corrected chi connectivity index (χ4v) is 3.43. The van der Waals surface area contributed by atoms with Gasteiger partial charge in [0.05, 0.1) is 5.60 Å². The number of hydrogen-bond donors (Lipinski definition) is 1. The van der Waals surface area contributed by atoms with Gasteiger partial charge in [-0.3, -0.25) is 0 Å². The summed E-state index contributed by atoms with van der Waals surface area (Å²) >= 11 is 0. The molecule has 0 aromatic heterocycles. The molecule has 0 amide bonds. The predicted octanol–water partition coefficient (Wildman–Crippen LogP) is 4.73. The van der Waals surface area contributed by atoms with Crippen LogP contribution in [0.25, 0.3) is 6.08 Å². The van der Waals surface area contributed by atoms with Crippen LogP contribution in [0.3, 0.4) is 0 Å². The van der Waals surface area contributed by atoms with E-state index in [9.17, 15) is 5.11 Å². The molecule has 1 fully saturated rings. The van der Waals surface area contributed by atoms with Gasteiger partial charge in [-0.2, -0.15) is 0 Å². The molecule has 1 atom stereocenters. The minimum absolute atomic E-state index is 0.0321. The van der Waals surface area contributed by atoms with E-state index in [1.807, 2.05) is 0 Å². The van der Waals surface area contributed by atoms with E-state index < -0.39 is 5.60 Å². The Morgan fingerprint density at radius 3 is 2.68 bits per heavy atom. The number of hydrogen-bond acceptors (Lipinski definition) is 1. The van der Waals surface area contributed by atoms with E-state index in [4.69, 9.17) is 0 Å². The molecule has 1 unspecified atom stereocenters. The van der Waals surface area contributed by atoms with Crippen LogP contribution in [0.1, 0.15) is 57.6 Å². The van der Waals surface area contributed by atoms with Gasteiger partial charge in [-0.25, -0.2) is 0 Å². The molecule has 0 aliphatic heterocycles. The lowest BCUT2D eigenvalue weighted by Gasteiger charge is -2.48. The Morgan fingerprint density at radius 2 is 2.05 bits per heavy atom. The van der Waals surface area contributed by atoms with Gasteiger partial charge < -0.3 is 5.11 Å². The highest BCUT2D eigenvalue weighted by atomic mass is 16.3. The molecule has 104 valence electrons. The summed E-state index contributed by atoms with van der Waals surface area (Å²) in [5.74, 6) is 0. The van der Waals surface area contributed by atoms with Gasteiger partial charge in [-0.05, 0) is 49.2 Å². The summed E-state index contributed by atoms with van der Waals surface area (Å²) in [6, 6.07) is 8.50. The molecule has 1 saturated carbocycles. The Bertz CT molecular complexity index is 484. The van der Waals surface area contributed by atoms with Crippen molar-refractivity contribution in [3.8, 4) is 0 Å². The van der Waals surface area contributed by atoms with E-state index in [-0.39, 0.29) is 5.41 Å². The monoisotopic (exact) mass is 258 g/mol. The Morgan fingerprint density at radius 1 is 1.32 bits per heavy atom. The smallest absolute Gasteiger partial charge is 0.0908 e. The van der Waals surface area contributed by atoms with E-state index in [1.54, 1.807) is 0 Å². The predicted molar refractivity (Wildman–Crippen MR) is 82.0 cm³/mol. The van der Waals surface area contributed by atoms with Gasteiger partial charge in [0.2, 0.25) is 0 Å². The minimum Gasteiger partial charge on any atom is -0.385 e. The highest BCUT2D eigenvalue weighted by Crippen LogP contribution is 2.49. The van der Waals surface area contributed by atoms with Crippen molar-refractivity contribution in [3.63, 3.8) is 0 Å². The summed E-state index contributed by atoms with van der Waals surface area (Å²) in [6.07, 6.45) is 6.28. The molecular weight excluding hydrogens is 232 g/mol. The van der Waals surface area contributed by atoms with E-state index in [0.29, 0.717) is 0 Å². The maximum Gasteiger partial charge on any atom is 0.0908 e. The van der Waals surface area contributed by atoms with Crippen molar-refractivity contribution in [2.45, 2.75) is 59.0 Å². The third kappa shape index (κ3) is 2.62. The molecule has 1 heteroatoms. The van der Waals surface area contributed by atoms with E-state index in [0.717, 1.165) is 19.3 Å². The minimum atomic E-state index is -0.658. The van der Waals surface area contributed by atoms with Gasteiger partial charge in [0.15, 0.2) is 0 Å². The van der Waals surface area contributed by atoms with Crippen LogP contribution in [0, 0.1) is 12.3 Å². The van der Waals surface area contributed by atoms with Crippen molar-refractivity contribution in [2.24, 2.45) is 5.41 Å². The largest absolute Gasteiger partial charge is 0.385 e. The lowest BCUT2D eigenvalue weighted by molar-refractivity contribution is -0.0573. The highest BCUT2D eigenvalue weighted by Gasteiger charge is 2.46. The summed E-state index contributed by atoms with van der Waals surface area (Å²) in [5.41, 5.74) is 2.99. The Balaban J connectivity index is 2.42. The second-order valence-electron chi connectivity index (χ2n) is 6.53. The number of benzene rings is 1. The lowest BCUT2D eigenvalue weighted by Crippen LogP contribution is -2.48. The zero-order chi connectivity index (χ0) is 14.1. The normalized spacial score (nSPS) is 28.6. The molecule has 0 heterocycles. The van der Waals surface area contributed by atoms with Crippen LogP contribution in [0.15, 0.2) is 29.8 Å². The zero-order valence-electron chi connectivity index (χ0n) is 12.7. The third-order valence-corrected chi connectivity index (χ3v) is 4.79. The average molecular weight is 258 g/mol. The van der Waals surface area contributed by atoms with Gasteiger partial charge in [0.1, 0.15) is 0 Å². The fourth-order valence-electron chi connectivity index (χ4n) is 3.43. The van der Waals surface area contributed by atoms with Crippen LogP contribution in [-0.2, 0) is 0 Å². The second kappa shape index (κ2) is 5.13. The Hall–Kier alpha value is -1.08. The summed E-state index contributed by atoms with van der Waals surface area (Å²) < 4.78 is 0. The second-order valence-corrected chi connectivity index (χ2v) is 6.53. The molecule has 2 rings (SSSR count). The van der Waals surface area contributed by atoms with E-state index in [2.05, 4.69) is 58.0 Å². The van der Waals surface area contributed by atoms with Crippen LogP contribution >= 0.6 is 0 Å². The maximum absolute atomic E-state index is 11.1. The van der Waals surface area contributed by atoms with Crippen molar-refractivity contribution < 1.29 is 5.11 Å². The van der Waals surface area contributed by atoms with Crippen molar-refractivity contribution in [2.75, 3.05) is 0 Å². The first kappa shape index (κ1) is 14.3. The third-order valence-electron chi connectivity index (χ3n) is 4.79. The molecule has 19 heavy (non-hydrogen) atoms. The molecule has 1 N–H and O–H groups in total. The standard InChI is InChI=1S/C18H26O/c1-5-18(19)16(10-7-11-17(18,3)4)13-15-9-6-8-14(2)12-15/h6,8-9,12-13,19H,5,7,10-11H2,1-4H3/b16-13+. The number of rotatable bonds is 2. The quantitative estimate of drug-likeness (QED) is 0.813. The van der Waals surface area contributed by atoms with Crippen molar-refractivity contribution >= 4 is 6.08 Å². The zero-order valence-corrected chi connectivity index (χ0v) is 12.7. The van der Waals surface area contributed by atoms with Gasteiger partial charge >= 0.3 is 0 Å². The molecule has 1 nitrogen and oxygen atoms in total. The molecule has 0 spiro atoms. The van der Waals surface area contributed by atoms with Crippen LogP contribution in [0.4, 0.5) is 0 Å². The number of aryl methyl sites for hydroxylation is 1. The molecule has 0 saturated heterocycles. The summed E-state index contributed by atoms with van der Waals surface area (Å²) in [5, 5.41) is 11.1. The maximum atomic E-state index is 11.1. The molecule has 1 aliphatic rings. The topological polar surface area (TPSA) is 20.2 Å². The highest BCUT2D eigenvalue weighted by molar-refractivity contribution is 5.56. The summed E-state index contributed by atoms with van der Waals surface area (Å²) in [7, 11) is 0. The molecule has 0 radical (unpaired) electrons. The fraction of sp³-hybridized carbons (Fsp3) is 0.556. The van der Waals surface area contributed by atoms with Crippen LogP contribution in [0.5, 0.6) is 0 Å². The van der Waals surface area contributed by atoms with Crippen LogP contribution in [0.2, 0.25) is 0 Å². The van der Waals surface area contributed by atoms with Gasteiger partial charge in [0, 0.05) is 0 Å². The van der Waals surface area contributed by atoms with Crippen LogP contribution in [-0.4, -0.2) is 10.7 Å². The Kier molecular flexibility index (Phi) is 3.87. The van der Waals surface area contributed by atoms with Crippen molar-refractivity contribution in [3.05, 3.63) is 41.0 Å². The van der Waals surface area contributed by atoms with E-state index in [1.165, 1.54) is 23.1 Å².